The number of nitrogens with one attached hydrogen (secondary N) is 1. The van der Waals surface area contributed by atoms with Crippen LogP contribution in [0.25, 0.3) is 0 Å². The number of hydrogen-bond acceptors (Lipinski definition) is 4. The number of carbonyl (C=O) groups is 1. The third-order valence-corrected chi connectivity index (χ3v) is 6.04. The molecule has 0 aliphatic carbocycles. The van der Waals surface area contributed by atoms with Gasteiger partial charge in [-0.1, -0.05) is 24.3 Å². The molecular weight excluding hydrogens is 356 g/mol. The maximum Gasteiger partial charge on any atom is 0.257 e. The van der Waals surface area contributed by atoms with Gasteiger partial charge in [0.05, 0.1) is 17.6 Å². The zero-order chi connectivity index (χ0) is 18.8. The lowest BCUT2D eigenvalue weighted by atomic mass is 10.0. The molecule has 0 saturated carbocycles. The minimum atomic E-state index is -0.134. The van der Waals surface area contributed by atoms with Crippen molar-refractivity contribution in [1.82, 2.24) is 4.90 Å². The molecule has 2 aromatic carbocycles. The first-order chi connectivity index (χ1) is 13.2. The number of amides is 1. The van der Waals surface area contributed by atoms with E-state index < -0.39 is 0 Å². The van der Waals surface area contributed by atoms with Crippen LogP contribution in [0.1, 0.15) is 32.5 Å². The number of benzene rings is 2. The Morgan fingerprint density at radius 3 is 2.59 bits per heavy atom. The Labute approximate surface area is 163 Å². The van der Waals surface area contributed by atoms with Crippen LogP contribution in [0.5, 0.6) is 5.75 Å². The lowest BCUT2D eigenvalue weighted by Crippen LogP contribution is -2.43. The molecule has 1 aliphatic rings. The Morgan fingerprint density at radius 1 is 1.11 bits per heavy atom. The first-order valence-corrected chi connectivity index (χ1v) is 9.89. The summed E-state index contributed by atoms with van der Waals surface area (Å²) in [4.78, 5) is 16.4. The number of methoxy groups -OCH3 is 1. The maximum absolute atomic E-state index is 13.2. The monoisotopic (exact) mass is 378 g/mol. The molecule has 0 radical (unpaired) electrons. The average Bonchev–Trinajstić information content (AvgIpc) is 3.13. The number of rotatable bonds is 5. The maximum atomic E-state index is 13.2. The number of para-hydroxylation sites is 1. The Kier molecular flexibility index (Phi) is 4.86. The van der Waals surface area contributed by atoms with Gasteiger partial charge in [-0.2, -0.15) is 0 Å². The zero-order valence-electron chi connectivity index (χ0n) is 15.4. The summed E-state index contributed by atoms with van der Waals surface area (Å²) in [6.07, 6.45) is 0.659. The van der Waals surface area contributed by atoms with Gasteiger partial charge >= 0.3 is 0 Å². The largest absolute Gasteiger partial charge is 0.497 e. The fraction of sp³-hybridized carbons (Fsp3) is 0.227. The highest BCUT2D eigenvalue weighted by Crippen LogP contribution is 2.36. The molecule has 0 bridgehead atoms. The summed E-state index contributed by atoms with van der Waals surface area (Å²) in [6.45, 7) is 2.74. The van der Waals surface area contributed by atoms with Gasteiger partial charge in [-0.05, 0) is 60.2 Å². The van der Waals surface area contributed by atoms with Crippen LogP contribution >= 0.6 is 11.3 Å². The summed E-state index contributed by atoms with van der Waals surface area (Å²) >= 11 is 1.69. The number of aryl methyl sites for hydroxylation is 1. The molecule has 0 unspecified atom stereocenters. The molecule has 4 nitrogen and oxygen atoms in total. The Bertz CT molecular complexity index is 949. The minimum Gasteiger partial charge on any atom is -0.497 e. The molecule has 5 heteroatoms. The van der Waals surface area contributed by atoms with E-state index in [1.165, 1.54) is 16.0 Å². The molecule has 0 spiro atoms. The van der Waals surface area contributed by atoms with Crippen LogP contribution in [0.15, 0.2) is 60.0 Å². The van der Waals surface area contributed by atoms with Crippen molar-refractivity contribution in [2.24, 2.45) is 0 Å². The van der Waals surface area contributed by atoms with Crippen molar-refractivity contribution in [3.8, 4) is 5.75 Å². The second-order valence-corrected chi connectivity index (χ2v) is 7.60. The lowest BCUT2D eigenvalue weighted by Gasteiger charge is -2.38. The third-order valence-electron chi connectivity index (χ3n) is 4.97. The molecule has 27 heavy (non-hydrogen) atoms. The van der Waals surface area contributed by atoms with Gasteiger partial charge in [0.2, 0.25) is 0 Å². The van der Waals surface area contributed by atoms with Crippen molar-refractivity contribution in [2.45, 2.75) is 19.5 Å². The molecule has 2 heterocycles. The van der Waals surface area contributed by atoms with E-state index in [9.17, 15) is 4.79 Å². The van der Waals surface area contributed by atoms with Crippen molar-refractivity contribution in [3.05, 3.63) is 81.5 Å². The number of anilines is 1. The number of hydrogen-bond donors (Lipinski definition) is 1. The van der Waals surface area contributed by atoms with Gasteiger partial charge in [-0.25, -0.2) is 0 Å². The topological polar surface area (TPSA) is 41.6 Å². The van der Waals surface area contributed by atoms with E-state index in [0.29, 0.717) is 6.54 Å². The van der Waals surface area contributed by atoms with Crippen molar-refractivity contribution < 1.29 is 9.53 Å². The van der Waals surface area contributed by atoms with Crippen molar-refractivity contribution in [2.75, 3.05) is 19.0 Å². The van der Waals surface area contributed by atoms with Gasteiger partial charge in [0.15, 0.2) is 0 Å². The van der Waals surface area contributed by atoms with Gasteiger partial charge in [0, 0.05) is 12.2 Å². The highest BCUT2D eigenvalue weighted by Gasteiger charge is 2.33. The first-order valence-electron chi connectivity index (χ1n) is 9.01. The number of carbonyl (C=O) groups excluding carboxylic acids is 1. The summed E-state index contributed by atoms with van der Waals surface area (Å²) in [5.41, 5.74) is 4.03. The van der Waals surface area contributed by atoms with Gasteiger partial charge < -0.3 is 15.0 Å². The Hall–Kier alpha value is -2.79. The van der Waals surface area contributed by atoms with Crippen LogP contribution in [0, 0.1) is 6.92 Å². The summed E-state index contributed by atoms with van der Waals surface area (Å²) in [5.74, 6) is 0.922. The van der Waals surface area contributed by atoms with Crippen molar-refractivity contribution >= 4 is 22.9 Å². The van der Waals surface area contributed by atoms with Crippen LogP contribution in [-0.2, 0) is 6.42 Å². The normalized spacial score (nSPS) is 16.0. The fourth-order valence-electron chi connectivity index (χ4n) is 3.44. The Morgan fingerprint density at radius 2 is 1.89 bits per heavy atom. The molecule has 1 atom stereocenters. The predicted octanol–water partition coefficient (Wildman–Crippen LogP) is 4.87. The van der Waals surface area contributed by atoms with E-state index in [1.807, 2.05) is 41.3 Å². The van der Waals surface area contributed by atoms with Gasteiger partial charge in [0.25, 0.3) is 5.91 Å². The summed E-state index contributed by atoms with van der Waals surface area (Å²) in [7, 11) is 1.67. The number of fused-ring (bicyclic) bond motifs is 1. The van der Waals surface area contributed by atoms with E-state index in [0.717, 1.165) is 23.4 Å². The quantitative estimate of drug-likeness (QED) is 0.688. The van der Waals surface area contributed by atoms with E-state index in [-0.39, 0.29) is 12.1 Å². The molecule has 3 aromatic rings. The van der Waals surface area contributed by atoms with Gasteiger partial charge in [-0.15, -0.1) is 11.3 Å². The predicted molar refractivity (Wildman–Crippen MR) is 110 cm³/mol. The van der Waals surface area contributed by atoms with E-state index in [2.05, 4.69) is 35.8 Å². The molecule has 138 valence electrons. The fourth-order valence-corrected chi connectivity index (χ4v) is 4.42. The highest BCUT2D eigenvalue weighted by atomic mass is 32.1. The zero-order valence-corrected chi connectivity index (χ0v) is 16.3. The summed E-state index contributed by atoms with van der Waals surface area (Å²) in [5, 5.41) is 5.65. The highest BCUT2D eigenvalue weighted by molar-refractivity contribution is 7.10. The van der Waals surface area contributed by atoms with Crippen molar-refractivity contribution in [3.63, 3.8) is 0 Å². The second-order valence-electron chi connectivity index (χ2n) is 6.66. The lowest BCUT2D eigenvalue weighted by molar-refractivity contribution is 0.0688. The standard InChI is InChI=1S/C22H22N2O2S/c1-15-12-14-27-20(15)21-23-19-6-4-3-5-18(19)22(25)24(21)13-11-16-7-9-17(26-2)10-8-16/h3-10,12,14,21,23H,11,13H2,1-2H3/t21-/m1/s1. The number of nitrogens with zero attached hydrogens (tertiary/aromatic N) is 1. The third kappa shape index (κ3) is 3.43. The van der Waals surface area contributed by atoms with E-state index >= 15 is 0 Å². The molecule has 0 fully saturated rings. The molecule has 1 aliphatic heterocycles. The van der Waals surface area contributed by atoms with E-state index in [4.69, 9.17) is 4.74 Å². The summed E-state index contributed by atoms with van der Waals surface area (Å²) in [6, 6.07) is 17.9. The SMILES string of the molecule is COc1ccc(CCN2C(=O)c3ccccc3N[C@H]2c2sccc2C)cc1. The molecule has 0 saturated heterocycles. The summed E-state index contributed by atoms with van der Waals surface area (Å²) < 4.78 is 5.23. The van der Waals surface area contributed by atoms with Crippen LogP contribution in [0.2, 0.25) is 0 Å². The number of ether oxygens (including phenoxy) is 1. The van der Waals surface area contributed by atoms with Crippen LogP contribution in [0.3, 0.4) is 0 Å². The van der Waals surface area contributed by atoms with Crippen LogP contribution in [0.4, 0.5) is 5.69 Å². The molecular formula is C22H22N2O2S. The average molecular weight is 378 g/mol. The second kappa shape index (κ2) is 7.45. The van der Waals surface area contributed by atoms with Gasteiger partial charge in [-0.3, -0.25) is 4.79 Å². The Balaban J connectivity index is 1.62. The van der Waals surface area contributed by atoms with Crippen LogP contribution in [-0.4, -0.2) is 24.5 Å². The molecule has 1 aromatic heterocycles. The van der Waals surface area contributed by atoms with Crippen LogP contribution < -0.4 is 10.1 Å². The molecule has 1 N–H and O–H groups in total. The minimum absolute atomic E-state index is 0.0793. The van der Waals surface area contributed by atoms with Gasteiger partial charge in [0.1, 0.15) is 11.9 Å². The number of thiophene rings is 1. The molecule has 1 amide bonds. The smallest absolute Gasteiger partial charge is 0.257 e. The van der Waals surface area contributed by atoms with E-state index in [1.54, 1.807) is 18.4 Å². The first kappa shape index (κ1) is 17.6. The molecule has 4 rings (SSSR count). The van der Waals surface area contributed by atoms with Crippen molar-refractivity contribution in [1.29, 1.82) is 0 Å².